The summed E-state index contributed by atoms with van der Waals surface area (Å²) in [6, 6.07) is 2.72. The standard InChI is InChI=1S/C17H20ClFN4O2/c1-17(2,3)25-16(24)22-8-11(9-22)23-7-10(6-21-23)12-4-13(18)15(20)5-14(12)19/h4-7,11H,8-9,20H2,1-3H3. The maximum absolute atomic E-state index is 14.1. The number of aromatic nitrogens is 2. The highest BCUT2D eigenvalue weighted by atomic mass is 35.5. The molecule has 0 saturated carbocycles. The van der Waals surface area contributed by atoms with Crippen molar-refractivity contribution in [2.24, 2.45) is 0 Å². The number of nitrogens with zero attached hydrogens (tertiary/aromatic N) is 3. The number of hydrogen-bond acceptors (Lipinski definition) is 4. The van der Waals surface area contributed by atoms with Crippen LogP contribution in [0.5, 0.6) is 0 Å². The number of hydrogen-bond donors (Lipinski definition) is 1. The van der Waals surface area contributed by atoms with Gasteiger partial charge in [-0.1, -0.05) is 11.6 Å². The highest BCUT2D eigenvalue weighted by Crippen LogP contribution is 2.31. The van der Waals surface area contributed by atoms with Crippen molar-refractivity contribution in [3.8, 4) is 11.1 Å². The topological polar surface area (TPSA) is 73.4 Å². The molecule has 1 aromatic heterocycles. The third-order valence-electron chi connectivity index (χ3n) is 3.89. The first-order chi connectivity index (χ1) is 11.6. The molecular formula is C17H20ClFN4O2. The maximum atomic E-state index is 14.1. The molecule has 1 fully saturated rings. The van der Waals surface area contributed by atoms with Crippen LogP contribution in [0.2, 0.25) is 5.02 Å². The van der Waals surface area contributed by atoms with E-state index in [0.717, 1.165) is 0 Å². The second kappa shape index (κ2) is 6.22. The molecule has 0 aliphatic carbocycles. The van der Waals surface area contributed by atoms with Gasteiger partial charge in [0.1, 0.15) is 11.4 Å². The van der Waals surface area contributed by atoms with Crippen molar-refractivity contribution >= 4 is 23.4 Å². The molecule has 2 N–H and O–H groups in total. The van der Waals surface area contributed by atoms with Crippen LogP contribution in [0.15, 0.2) is 24.5 Å². The van der Waals surface area contributed by atoms with Crippen molar-refractivity contribution in [2.75, 3.05) is 18.8 Å². The number of nitrogens with two attached hydrogens (primary N) is 1. The molecule has 2 heterocycles. The highest BCUT2D eigenvalue weighted by molar-refractivity contribution is 6.33. The molecule has 3 rings (SSSR count). The molecule has 1 aromatic carbocycles. The molecule has 25 heavy (non-hydrogen) atoms. The lowest BCUT2D eigenvalue weighted by Crippen LogP contribution is -2.52. The Hall–Kier alpha value is -2.28. The molecular weight excluding hydrogens is 347 g/mol. The van der Waals surface area contributed by atoms with Gasteiger partial charge in [-0.05, 0) is 32.9 Å². The molecule has 134 valence electrons. The maximum Gasteiger partial charge on any atom is 0.410 e. The molecule has 8 heteroatoms. The molecule has 6 nitrogen and oxygen atoms in total. The van der Waals surface area contributed by atoms with Crippen LogP contribution in [0.3, 0.4) is 0 Å². The van der Waals surface area contributed by atoms with Gasteiger partial charge < -0.3 is 15.4 Å². The molecule has 1 aliphatic rings. The van der Waals surface area contributed by atoms with Crippen LogP contribution in [-0.4, -0.2) is 39.5 Å². The van der Waals surface area contributed by atoms with Gasteiger partial charge in [-0.3, -0.25) is 4.68 Å². The lowest BCUT2D eigenvalue weighted by molar-refractivity contribution is -0.000380. The van der Waals surface area contributed by atoms with Crippen LogP contribution in [0.1, 0.15) is 26.8 Å². The van der Waals surface area contributed by atoms with Crippen LogP contribution in [-0.2, 0) is 4.74 Å². The van der Waals surface area contributed by atoms with Crippen molar-refractivity contribution in [3.05, 3.63) is 35.4 Å². The lowest BCUT2D eigenvalue weighted by atomic mass is 10.1. The normalized spacial score (nSPS) is 15.2. The van der Waals surface area contributed by atoms with Gasteiger partial charge in [-0.15, -0.1) is 0 Å². The number of ether oxygens (including phenoxy) is 1. The summed E-state index contributed by atoms with van der Waals surface area (Å²) in [5, 5.41) is 4.57. The molecule has 0 atom stereocenters. The van der Waals surface area contributed by atoms with E-state index in [1.165, 1.54) is 12.1 Å². The summed E-state index contributed by atoms with van der Waals surface area (Å²) in [6.45, 7) is 6.48. The van der Waals surface area contributed by atoms with Crippen molar-refractivity contribution in [1.82, 2.24) is 14.7 Å². The Morgan fingerprint density at radius 3 is 2.72 bits per heavy atom. The Morgan fingerprint density at radius 1 is 1.40 bits per heavy atom. The van der Waals surface area contributed by atoms with Gasteiger partial charge in [0, 0.05) is 30.4 Å². The number of nitrogen functional groups attached to an aromatic ring is 1. The first-order valence-electron chi connectivity index (χ1n) is 7.91. The summed E-state index contributed by atoms with van der Waals surface area (Å²) in [7, 11) is 0. The van der Waals surface area contributed by atoms with E-state index in [4.69, 9.17) is 22.1 Å². The van der Waals surface area contributed by atoms with Gasteiger partial charge in [0.25, 0.3) is 0 Å². The molecule has 1 saturated heterocycles. The number of carbonyl (C=O) groups excluding carboxylic acids is 1. The second-order valence-electron chi connectivity index (χ2n) is 7.10. The number of likely N-dealkylation sites (tertiary alicyclic amines) is 1. The van der Waals surface area contributed by atoms with Crippen LogP contribution in [0.25, 0.3) is 11.1 Å². The Balaban J connectivity index is 1.68. The number of rotatable bonds is 2. The number of carbonyl (C=O) groups is 1. The number of anilines is 1. The molecule has 2 aromatic rings. The summed E-state index contributed by atoms with van der Waals surface area (Å²) in [6.07, 6.45) is 2.97. The Kier molecular flexibility index (Phi) is 4.36. The van der Waals surface area contributed by atoms with Gasteiger partial charge in [0.2, 0.25) is 0 Å². The quantitative estimate of drug-likeness (QED) is 0.822. The second-order valence-corrected chi connectivity index (χ2v) is 7.51. The lowest BCUT2D eigenvalue weighted by Gasteiger charge is -2.39. The van der Waals surface area contributed by atoms with Gasteiger partial charge in [0.05, 0.1) is 22.9 Å². The predicted octanol–water partition coefficient (Wildman–Crippen LogP) is 3.72. The van der Waals surface area contributed by atoms with Crippen molar-refractivity contribution in [1.29, 1.82) is 0 Å². The zero-order chi connectivity index (χ0) is 18.4. The fourth-order valence-corrected chi connectivity index (χ4v) is 2.72. The molecule has 0 radical (unpaired) electrons. The molecule has 1 aliphatic heterocycles. The Labute approximate surface area is 150 Å². The van der Waals surface area contributed by atoms with Crippen LogP contribution in [0, 0.1) is 5.82 Å². The van der Waals surface area contributed by atoms with E-state index in [0.29, 0.717) is 29.2 Å². The fraction of sp³-hybridized carbons (Fsp3) is 0.412. The van der Waals surface area contributed by atoms with E-state index in [2.05, 4.69) is 5.10 Å². The van der Waals surface area contributed by atoms with Crippen molar-refractivity contribution in [3.63, 3.8) is 0 Å². The minimum absolute atomic E-state index is 0.0357. The minimum atomic E-state index is -0.521. The van der Waals surface area contributed by atoms with Gasteiger partial charge >= 0.3 is 6.09 Å². The fourth-order valence-electron chi connectivity index (χ4n) is 2.56. The summed E-state index contributed by atoms with van der Waals surface area (Å²) < 4.78 is 21.1. The van der Waals surface area contributed by atoms with Gasteiger partial charge in [-0.2, -0.15) is 5.10 Å². The molecule has 0 bridgehead atoms. The first-order valence-corrected chi connectivity index (χ1v) is 8.29. The largest absolute Gasteiger partial charge is 0.444 e. The Morgan fingerprint density at radius 2 is 2.08 bits per heavy atom. The van der Waals surface area contributed by atoms with E-state index < -0.39 is 11.4 Å². The van der Waals surface area contributed by atoms with Gasteiger partial charge in [-0.25, -0.2) is 9.18 Å². The van der Waals surface area contributed by atoms with Crippen LogP contribution in [0.4, 0.5) is 14.9 Å². The van der Waals surface area contributed by atoms with Crippen molar-refractivity contribution < 1.29 is 13.9 Å². The smallest absolute Gasteiger partial charge is 0.410 e. The van der Waals surface area contributed by atoms with E-state index >= 15 is 0 Å². The summed E-state index contributed by atoms with van der Waals surface area (Å²) in [4.78, 5) is 13.6. The average Bonchev–Trinajstić information content (AvgIpc) is 2.88. The SMILES string of the molecule is CC(C)(C)OC(=O)N1CC(n2cc(-c3cc(Cl)c(N)cc3F)cn2)C1. The minimum Gasteiger partial charge on any atom is -0.444 e. The third-order valence-corrected chi connectivity index (χ3v) is 4.21. The Bertz CT molecular complexity index is 809. The molecule has 0 unspecified atom stereocenters. The summed E-state index contributed by atoms with van der Waals surface area (Å²) >= 11 is 5.97. The van der Waals surface area contributed by atoms with Gasteiger partial charge in [0.15, 0.2) is 0 Å². The van der Waals surface area contributed by atoms with E-state index in [9.17, 15) is 9.18 Å². The third kappa shape index (κ3) is 3.71. The zero-order valence-corrected chi connectivity index (χ0v) is 15.0. The number of benzene rings is 1. The number of amides is 1. The summed E-state index contributed by atoms with van der Waals surface area (Å²) in [5.41, 5.74) is 6.22. The monoisotopic (exact) mass is 366 g/mol. The molecule has 0 spiro atoms. The summed E-state index contributed by atoms with van der Waals surface area (Å²) in [5.74, 6) is -0.453. The number of halogens is 2. The predicted molar refractivity (Wildman–Crippen MR) is 93.9 cm³/mol. The average molecular weight is 367 g/mol. The highest BCUT2D eigenvalue weighted by Gasteiger charge is 2.35. The molecule has 1 amide bonds. The van der Waals surface area contributed by atoms with Crippen LogP contribution >= 0.6 is 11.6 Å². The van der Waals surface area contributed by atoms with E-state index in [1.54, 1.807) is 22.0 Å². The van der Waals surface area contributed by atoms with Crippen LogP contribution < -0.4 is 5.73 Å². The first kappa shape index (κ1) is 17.5. The zero-order valence-electron chi connectivity index (χ0n) is 14.3. The van der Waals surface area contributed by atoms with Crippen molar-refractivity contribution in [2.45, 2.75) is 32.4 Å². The van der Waals surface area contributed by atoms with E-state index in [-0.39, 0.29) is 17.8 Å². The van der Waals surface area contributed by atoms with E-state index in [1.807, 2.05) is 20.8 Å².